The molecule has 0 aromatic heterocycles. The molecule has 0 aliphatic carbocycles. The monoisotopic (exact) mass is 326 g/mol. The number of ether oxygens (including phenoxy) is 1. The van der Waals surface area contributed by atoms with Gasteiger partial charge in [-0.1, -0.05) is 31.9 Å². The molecule has 1 aromatic carbocycles. The standard InChI is InChI=1S/C17H27FO3Si/c1-5-12-17(19-2)16(14-8-10-15(18)11-9-14)7-6-13-22(17,20-3)21-4/h8-11,16H,5-7,12-13H2,1-4H3. The third-order valence-electron chi connectivity index (χ3n) is 5.12. The van der Waals surface area contributed by atoms with Crippen molar-refractivity contribution in [2.24, 2.45) is 0 Å². The molecule has 1 heterocycles. The maximum absolute atomic E-state index is 13.3. The zero-order chi connectivity index (χ0) is 16.2. The van der Waals surface area contributed by atoms with E-state index < -0.39 is 13.8 Å². The highest BCUT2D eigenvalue weighted by molar-refractivity contribution is 6.71. The largest absolute Gasteiger partial charge is 0.396 e. The molecule has 1 aliphatic heterocycles. The van der Waals surface area contributed by atoms with Crippen molar-refractivity contribution in [2.45, 2.75) is 49.8 Å². The van der Waals surface area contributed by atoms with Gasteiger partial charge in [0.15, 0.2) is 0 Å². The van der Waals surface area contributed by atoms with Gasteiger partial charge in [0.2, 0.25) is 0 Å². The smallest absolute Gasteiger partial charge is 0.371 e. The molecule has 2 rings (SSSR count). The van der Waals surface area contributed by atoms with E-state index in [1.165, 1.54) is 12.1 Å². The predicted octanol–water partition coefficient (Wildman–Crippen LogP) is 4.16. The summed E-state index contributed by atoms with van der Waals surface area (Å²) in [5.41, 5.74) is 1.11. The Hall–Kier alpha value is -0.753. The van der Waals surface area contributed by atoms with Crippen LogP contribution in [-0.4, -0.2) is 35.1 Å². The summed E-state index contributed by atoms with van der Waals surface area (Å²) in [5.74, 6) is -0.0292. The minimum Gasteiger partial charge on any atom is -0.396 e. The summed E-state index contributed by atoms with van der Waals surface area (Å²) in [6.07, 6.45) is 3.94. The van der Waals surface area contributed by atoms with Crippen LogP contribution in [0.1, 0.15) is 44.1 Å². The van der Waals surface area contributed by atoms with Gasteiger partial charge in [-0.3, -0.25) is 0 Å². The molecule has 2 unspecified atom stereocenters. The third-order valence-corrected chi connectivity index (χ3v) is 9.55. The molecular formula is C17H27FO3Si. The van der Waals surface area contributed by atoms with Crippen LogP contribution >= 0.6 is 0 Å². The Labute approximate surface area is 134 Å². The Balaban J connectivity index is 2.51. The van der Waals surface area contributed by atoms with Gasteiger partial charge in [0.05, 0.1) is 0 Å². The van der Waals surface area contributed by atoms with Crippen LogP contribution in [0.5, 0.6) is 0 Å². The number of halogens is 1. The minimum absolute atomic E-state index is 0.179. The Morgan fingerprint density at radius 3 is 2.32 bits per heavy atom. The molecule has 22 heavy (non-hydrogen) atoms. The van der Waals surface area contributed by atoms with Crippen LogP contribution in [0.2, 0.25) is 6.04 Å². The molecule has 1 aromatic rings. The van der Waals surface area contributed by atoms with Crippen molar-refractivity contribution in [3.63, 3.8) is 0 Å². The molecule has 1 fully saturated rings. The van der Waals surface area contributed by atoms with Crippen molar-refractivity contribution in [1.29, 1.82) is 0 Å². The molecule has 0 bridgehead atoms. The van der Waals surface area contributed by atoms with Gasteiger partial charge in [-0.15, -0.1) is 0 Å². The highest BCUT2D eigenvalue weighted by atomic mass is 28.4. The van der Waals surface area contributed by atoms with E-state index in [1.807, 2.05) is 12.1 Å². The zero-order valence-corrected chi connectivity index (χ0v) is 15.0. The van der Waals surface area contributed by atoms with E-state index in [2.05, 4.69) is 6.92 Å². The Kier molecular flexibility index (Phi) is 5.77. The average Bonchev–Trinajstić information content (AvgIpc) is 2.56. The number of methoxy groups -OCH3 is 1. The van der Waals surface area contributed by atoms with Gasteiger partial charge in [0.1, 0.15) is 11.0 Å². The molecule has 0 saturated carbocycles. The van der Waals surface area contributed by atoms with E-state index in [4.69, 9.17) is 13.6 Å². The first-order valence-corrected chi connectivity index (χ1v) is 10.0. The molecule has 2 atom stereocenters. The summed E-state index contributed by atoms with van der Waals surface area (Å²) >= 11 is 0. The first kappa shape index (κ1) is 17.6. The van der Waals surface area contributed by atoms with Crippen molar-refractivity contribution in [1.82, 2.24) is 0 Å². The van der Waals surface area contributed by atoms with Crippen LogP contribution in [0.3, 0.4) is 0 Å². The van der Waals surface area contributed by atoms with E-state index in [1.54, 1.807) is 21.3 Å². The third kappa shape index (κ3) is 2.75. The topological polar surface area (TPSA) is 27.7 Å². The lowest BCUT2D eigenvalue weighted by atomic mass is 9.85. The maximum Gasteiger partial charge on any atom is 0.371 e. The lowest BCUT2D eigenvalue weighted by molar-refractivity contribution is -0.0302. The fourth-order valence-electron chi connectivity index (χ4n) is 4.15. The van der Waals surface area contributed by atoms with E-state index in [0.717, 1.165) is 37.3 Å². The number of hydrogen-bond acceptors (Lipinski definition) is 3. The second kappa shape index (κ2) is 7.21. The van der Waals surface area contributed by atoms with Gasteiger partial charge in [-0.2, -0.15) is 0 Å². The van der Waals surface area contributed by atoms with Crippen molar-refractivity contribution in [3.05, 3.63) is 35.6 Å². The van der Waals surface area contributed by atoms with Crippen LogP contribution in [0.15, 0.2) is 24.3 Å². The molecule has 0 amide bonds. The summed E-state index contributed by atoms with van der Waals surface area (Å²) < 4.78 is 31.4. The van der Waals surface area contributed by atoms with Crippen molar-refractivity contribution >= 4 is 8.56 Å². The molecule has 1 saturated heterocycles. The molecule has 124 valence electrons. The molecule has 3 nitrogen and oxygen atoms in total. The molecule has 0 spiro atoms. The zero-order valence-electron chi connectivity index (χ0n) is 14.0. The van der Waals surface area contributed by atoms with Crippen LogP contribution in [0.25, 0.3) is 0 Å². The van der Waals surface area contributed by atoms with Gasteiger partial charge < -0.3 is 13.6 Å². The normalized spacial score (nSPS) is 27.8. The van der Waals surface area contributed by atoms with E-state index >= 15 is 0 Å². The fourth-order valence-corrected chi connectivity index (χ4v) is 8.29. The Morgan fingerprint density at radius 1 is 1.18 bits per heavy atom. The molecule has 0 radical (unpaired) electrons. The van der Waals surface area contributed by atoms with Gasteiger partial charge in [-0.25, -0.2) is 4.39 Å². The number of benzene rings is 1. The Morgan fingerprint density at radius 2 is 1.82 bits per heavy atom. The Bertz CT molecular complexity index is 475. The summed E-state index contributed by atoms with van der Waals surface area (Å²) in [4.78, 5) is 0. The average molecular weight is 326 g/mol. The first-order valence-electron chi connectivity index (χ1n) is 8.00. The highest BCUT2D eigenvalue weighted by Gasteiger charge is 2.63. The second-order valence-corrected chi connectivity index (χ2v) is 9.67. The van der Waals surface area contributed by atoms with E-state index in [0.29, 0.717) is 0 Å². The quantitative estimate of drug-likeness (QED) is 0.735. The number of hydrogen-bond donors (Lipinski definition) is 0. The molecule has 5 heteroatoms. The van der Waals surface area contributed by atoms with Crippen LogP contribution in [0, 0.1) is 5.82 Å². The SMILES string of the molecule is CCCC1(OC)C(c2ccc(F)cc2)CCC[Si]1(OC)OC. The van der Waals surface area contributed by atoms with Crippen molar-refractivity contribution < 1.29 is 18.0 Å². The van der Waals surface area contributed by atoms with Crippen molar-refractivity contribution in [2.75, 3.05) is 21.3 Å². The highest BCUT2D eigenvalue weighted by Crippen LogP contribution is 2.50. The summed E-state index contributed by atoms with van der Waals surface area (Å²) in [5, 5.41) is -0.429. The van der Waals surface area contributed by atoms with Gasteiger partial charge in [0, 0.05) is 27.2 Å². The van der Waals surface area contributed by atoms with Gasteiger partial charge in [0.25, 0.3) is 0 Å². The lowest BCUT2D eigenvalue weighted by Gasteiger charge is -2.52. The molecular weight excluding hydrogens is 299 g/mol. The lowest BCUT2D eigenvalue weighted by Crippen LogP contribution is -2.67. The van der Waals surface area contributed by atoms with Crippen LogP contribution in [0.4, 0.5) is 4.39 Å². The molecule has 1 aliphatic rings. The van der Waals surface area contributed by atoms with Crippen LogP contribution < -0.4 is 0 Å². The van der Waals surface area contributed by atoms with E-state index in [-0.39, 0.29) is 11.7 Å². The summed E-state index contributed by atoms with van der Waals surface area (Å²) in [7, 11) is 2.74. The minimum atomic E-state index is -2.51. The second-order valence-electron chi connectivity index (χ2n) is 6.00. The summed E-state index contributed by atoms with van der Waals surface area (Å²) in [6, 6.07) is 7.74. The number of rotatable bonds is 6. The van der Waals surface area contributed by atoms with E-state index in [9.17, 15) is 4.39 Å². The fraction of sp³-hybridized carbons (Fsp3) is 0.647. The predicted molar refractivity (Wildman–Crippen MR) is 87.6 cm³/mol. The maximum atomic E-state index is 13.3. The van der Waals surface area contributed by atoms with Gasteiger partial charge in [-0.05, 0) is 36.6 Å². The van der Waals surface area contributed by atoms with Crippen LogP contribution in [-0.2, 0) is 13.6 Å². The first-order chi connectivity index (χ1) is 10.6. The summed E-state index contributed by atoms with van der Waals surface area (Å²) in [6.45, 7) is 2.15. The van der Waals surface area contributed by atoms with Crippen molar-refractivity contribution in [3.8, 4) is 0 Å². The molecule has 0 N–H and O–H groups in total. The van der Waals surface area contributed by atoms with Gasteiger partial charge >= 0.3 is 8.56 Å².